The van der Waals surface area contributed by atoms with Gasteiger partial charge in [-0.1, -0.05) is 70.0 Å². The first-order valence-corrected chi connectivity index (χ1v) is 15.0. The zero-order chi connectivity index (χ0) is 29.5. The van der Waals surface area contributed by atoms with Gasteiger partial charge in [-0.3, -0.25) is 14.4 Å². The number of nitrogens with zero attached hydrogens (tertiary/aromatic N) is 1. The van der Waals surface area contributed by atoms with Crippen LogP contribution in [-0.4, -0.2) is 36.4 Å². The second-order valence-corrected chi connectivity index (χ2v) is 12.4. The van der Waals surface area contributed by atoms with Gasteiger partial charge in [0.05, 0.1) is 12.0 Å². The minimum absolute atomic E-state index is 0.0563. The van der Waals surface area contributed by atoms with Crippen molar-refractivity contribution in [2.24, 2.45) is 5.92 Å². The standard InChI is InChI=1S/C34H22BrClN2O5/c35-21-9-5-18(6-10-21)32(40)30-29(31(39)20-7-13-26-27(16-20)43-17-42-26)34(23-3-1-2-4-24(23)37-33(34)41)28-14-8-19-15-22(36)11-12-25(19)38(28)30/h1-16,28-30H,17H2,(H,37,41). The molecular formula is C34H22BrClN2O5. The van der Waals surface area contributed by atoms with Crippen LogP contribution in [-0.2, 0) is 10.2 Å². The number of amides is 1. The van der Waals surface area contributed by atoms with Gasteiger partial charge in [-0.15, -0.1) is 0 Å². The Morgan fingerprint density at radius 2 is 1.67 bits per heavy atom. The van der Waals surface area contributed by atoms with E-state index in [-0.39, 0.29) is 24.3 Å². The number of carbonyl (C=O) groups excluding carboxylic acids is 3. The topological polar surface area (TPSA) is 84.9 Å². The van der Waals surface area contributed by atoms with Gasteiger partial charge in [0.15, 0.2) is 23.1 Å². The van der Waals surface area contributed by atoms with Crippen LogP contribution in [0.25, 0.3) is 6.08 Å². The minimum atomic E-state index is -1.41. The third-order valence-corrected chi connectivity index (χ3v) is 9.70. The molecule has 4 aliphatic heterocycles. The number of hydrogen-bond acceptors (Lipinski definition) is 6. The van der Waals surface area contributed by atoms with E-state index in [1.54, 1.807) is 48.5 Å². The van der Waals surface area contributed by atoms with Crippen molar-refractivity contribution in [2.75, 3.05) is 17.0 Å². The van der Waals surface area contributed by atoms with Crippen molar-refractivity contribution in [3.05, 3.63) is 123 Å². The maximum atomic E-state index is 15.0. The van der Waals surface area contributed by atoms with E-state index in [0.29, 0.717) is 38.9 Å². The van der Waals surface area contributed by atoms with Gasteiger partial charge >= 0.3 is 0 Å². The second kappa shape index (κ2) is 9.56. The Kier molecular flexibility index (Phi) is 5.83. The van der Waals surface area contributed by atoms with E-state index in [2.05, 4.69) is 21.2 Å². The monoisotopic (exact) mass is 652 g/mol. The summed E-state index contributed by atoms with van der Waals surface area (Å²) in [6.07, 6.45) is 3.85. The van der Waals surface area contributed by atoms with Crippen LogP contribution in [0, 0.1) is 5.92 Å². The Bertz CT molecular complexity index is 1910. The molecule has 0 aliphatic carbocycles. The lowest BCUT2D eigenvalue weighted by Gasteiger charge is -2.37. The Morgan fingerprint density at radius 3 is 2.51 bits per heavy atom. The van der Waals surface area contributed by atoms with E-state index < -0.39 is 23.4 Å². The number of carbonyl (C=O) groups is 3. The van der Waals surface area contributed by atoms with Crippen molar-refractivity contribution < 1.29 is 23.9 Å². The van der Waals surface area contributed by atoms with Gasteiger partial charge in [0.2, 0.25) is 12.7 Å². The van der Waals surface area contributed by atoms with Crippen LogP contribution >= 0.6 is 27.5 Å². The SMILES string of the molecule is O=C(c1ccc(Br)cc1)C1C(C(=O)c2ccc3c(c2)OCO3)C2(C(=O)Nc3ccccc32)C2C=Cc3cc(Cl)ccc3N12. The molecular weight excluding hydrogens is 632 g/mol. The van der Waals surface area contributed by atoms with Crippen LogP contribution in [0.1, 0.15) is 31.8 Å². The third-order valence-electron chi connectivity index (χ3n) is 8.93. The normalized spacial score (nSPS) is 24.0. The van der Waals surface area contributed by atoms with Crippen molar-refractivity contribution in [1.82, 2.24) is 0 Å². The highest BCUT2D eigenvalue weighted by Gasteiger charge is 2.70. The van der Waals surface area contributed by atoms with Crippen LogP contribution < -0.4 is 19.7 Å². The molecule has 4 aromatic carbocycles. The predicted molar refractivity (Wildman–Crippen MR) is 166 cm³/mol. The molecule has 0 aromatic heterocycles. The smallest absolute Gasteiger partial charge is 0.238 e. The van der Waals surface area contributed by atoms with Crippen LogP contribution in [0.3, 0.4) is 0 Å². The summed E-state index contributed by atoms with van der Waals surface area (Å²) in [6, 6.07) is 23.3. The Hall–Kier alpha value is -4.40. The number of benzene rings is 4. The molecule has 4 unspecified atom stereocenters. The van der Waals surface area contributed by atoms with Crippen LogP contribution in [0.5, 0.6) is 11.5 Å². The molecule has 212 valence electrons. The molecule has 1 spiro atoms. The average molecular weight is 654 g/mol. The lowest BCUT2D eigenvalue weighted by Crippen LogP contribution is -2.51. The number of para-hydroxylation sites is 1. The molecule has 4 aliphatic rings. The summed E-state index contributed by atoms with van der Waals surface area (Å²) in [4.78, 5) is 46.1. The van der Waals surface area contributed by atoms with Crippen LogP contribution in [0.4, 0.5) is 11.4 Å². The number of nitrogens with one attached hydrogen (secondary N) is 1. The van der Waals surface area contributed by atoms with Crippen molar-refractivity contribution in [2.45, 2.75) is 17.5 Å². The number of rotatable bonds is 4. The van der Waals surface area contributed by atoms with E-state index in [0.717, 1.165) is 15.7 Å². The lowest BCUT2D eigenvalue weighted by molar-refractivity contribution is -0.121. The predicted octanol–water partition coefficient (Wildman–Crippen LogP) is 6.69. The number of fused-ring (bicyclic) bond motifs is 7. The number of halogens is 2. The van der Waals surface area contributed by atoms with E-state index in [4.69, 9.17) is 21.1 Å². The van der Waals surface area contributed by atoms with E-state index >= 15 is 0 Å². The molecule has 1 saturated heterocycles. The van der Waals surface area contributed by atoms with Crippen molar-refractivity contribution in [1.29, 1.82) is 0 Å². The van der Waals surface area contributed by atoms with Crippen molar-refractivity contribution in [3.8, 4) is 11.5 Å². The molecule has 1 N–H and O–H groups in total. The Morgan fingerprint density at radius 1 is 0.907 bits per heavy atom. The fourth-order valence-corrected chi connectivity index (χ4v) is 7.61. The maximum absolute atomic E-state index is 15.0. The maximum Gasteiger partial charge on any atom is 0.238 e. The third kappa shape index (κ3) is 3.69. The molecule has 8 rings (SSSR count). The van der Waals surface area contributed by atoms with Crippen LogP contribution in [0.15, 0.2) is 95.5 Å². The first-order valence-electron chi connectivity index (χ1n) is 13.8. The molecule has 43 heavy (non-hydrogen) atoms. The lowest BCUT2D eigenvalue weighted by atomic mass is 9.64. The van der Waals surface area contributed by atoms with Gasteiger partial charge in [0.25, 0.3) is 0 Å². The van der Waals surface area contributed by atoms with E-state index in [1.165, 1.54) is 0 Å². The fourth-order valence-electron chi connectivity index (χ4n) is 7.16. The highest BCUT2D eigenvalue weighted by atomic mass is 79.9. The van der Waals surface area contributed by atoms with Crippen molar-refractivity contribution >= 4 is 62.5 Å². The molecule has 0 bridgehead atoms. The van der Waals surface area contributed by atoms with E-state index in [1.807, 2.05) is 53.5 Å². The number of ether oxygens (including phenoxy) is 2. The molecule has 9 heteroatoms. The summed E-state index contributed by atoms with van der Waals surface area (Å²) in [6.45, 7) is 0.0563. The molecule has 1 fully saturated rings. The average Bonchev–Trinajstić information content (AvgIpc) is 3.69. The number of anilines is 2. The van der Waals surface area contributed by atoms with Gasteiger partial charge in [0.1, 0.15) is 11.5 Å². The second-order valence-electron chi connectivity index (χ2n) is 11.0. The summed E-state index contributed by atoms with van der Waals surface area (Å²) < 4.78 is 11.9. The number of hydrogen-bond donors (Lipinski definition) is 1. The molecule has 4 atom stereocenters. The first-order chi connectivity index (χ1) is 20.9. The molecule has 4 heterocycles. The van der Waals surface area contributed by atoms with Gasteiger partial charge in [-0.2, -0.15) is 0 Å². The molecule has 1 amide bonds. The minimum Gasteiger partial charge on any atom is -0.454 e. The summed E-state index contributed by atoms with van der Waals surface area (Å²) in [7, 11) is 0. The van der Waals surface area contributed by atoms with Gasteiger partial charge < -0.3 is 19.7 Å². The largest absolute Gasteiger partial charge is 0.454 e. The van der Waals surface area contributed by atoms with Crippen LogP contribution in [0.2, 0.25) is 5.02 Å². The zero-order valence-corrected chi connectivity index (χ0v) is 24.8. The quantitative estimate of drug-likeness (QED) is 0.247. The molecule has 0 saturated carbocycles. The summed E-state index contributed by atoms with van der Waals surface area (Å²) >= 11 is 9.84. The zero-order valence-electron chi connectivity index (χ0n) is 22.4. The Balaban J connectivity index is 1.41. The highest BCUT2D eigenvalue weighted by molar-refractivity contribution is 9.10. The molecule has 7 nitrogen and oxygen atoms in total. The van der Waals surface area contributed by atoms with Gasteiger partial charge in [0, 0.05) is 32.0 Å². The number of ketones is 2. The summed E-state index contributed by atoms with van der Waals surface area (Å²) in [5, 5.41) is 3.59. The first kappa shape index (κ1) is 26.2. The van der Waals surface area contributed by atoms with Crippen molar-refractivity contribution in [3.63, 3.8) is 0 Å². The highest BCUT2D eigenvalue weighted by Crippen LogP contribution is 2.58. The van der Waals surface area contributed by atoms with Gasteiger partial charge in [-0.25, -0.2) is 0 Å². The Labute approximate surface area is 260 Å². The summed E-state index contributed by atoms with van der Waals surface area (Å²) in [5.74, 6) is -1.03. The van der Waals surface area contributed by atoms with Gasteiger partial charge in [-0.05, 0) is 65.7 Å². The number of Topliss-reactive ketones (excluding diaryl/α,β-unsaturated/α-hetero) is 2. The summed E-state index contributed by atoms with van der Waals surface area (Å²) in [5.41, 5.74) is 2.20. The van der Waals surface area contributed by atoms with E-state index in [9.17, 15) is 14.4 Å². The molecule has 4 aromatic rings. The molecule has 0 radical (unpaired) electrons. The fraction of sp³-hybridized carbons (Fsp3) is 0.147.